The molecule has 136 valence electrons. The van der Waals surface area contributed by atoms with Gasteiger partial charge in [0.1, 0.15) is 5.01 Å². The van der Waals surface area contributed by atoms with Gasteiger partial charge in [-0.2, -0.15) is 13.2 Å². The molecule has 0 saturated carbocycles. The number of thiazole rings is 1. The molecule has 3 nitrogen and oxygen atoms in total. The number of fused-ring (bicyclic) bond motifs is 2. The number of hydrogen-bond acceptors (Lipinski definition) is 4. The number of hydrogen-bond donors (Lipinski definition) is 2. The number of nitrogens with two attached hydrogens (primary N) is 1. The van der Waals surface area contributed by atoms with Crippen LogP contribution in [0.4, 0.5) is 18.9 Å². The first kappa shape index (κ1) is 17.3. The van der Waals surface area contributed by atoms with Crippen molar-refractivity contribution in [1.29, 1.82) is 0 Å². The molecule has 0 saturated heterocycles. The minimum absolute atomic E-state index is 0.145. The largest absolute Gasteiger partial charge is 0.428 e. The predicted octanol–water partition coefficient (Wildman–Crippen LogP) is 4.56. The first-order valence-electron chi connectivity index (χ1n) is 8.38. The summed E-state index contributed by atoms with van der Waals surface area (Å²) in [4.78, 5) is 4.12. The Kier molecular flexibility index (Phi) is 3.96. The van der Waals surface area contributed by atoms with Crippen LogP contribution < -0.4 is 5.73 Å². The molecule has 4 rings (SSSR count). The van der Waals surface area contributed by atoms with Crippen LogP contribution in [0.3, 0.4) is 0 Å². The smallest absolute Gasteiger partial charge is 0.398 e. The minimum Gasteiger partial charge on any atom is -0.398 e. The van der Waals surface area contributed by atoms with E-state index in [4.69, 9.17) is 5.73 Å². The highest BCUT2D eigenvalue weighted by Crippen LogP contribution is 2.49. The molecule has 3 aromatic rings. The SMILES string of the molecule is Nc1ccc([C@](O)(c2nc3ccccc3s2)C(F)(F)F)c2c1CCCC2. The van der Waals surface area contributed by atoms with Crippen LogP contribution in [-0.2, 0) is 18.4 Å². The third-order valence-electron chi connectivity index (χ3n) is 4.97. The van der Waals surface area contributed by atoms with Crippen molar-refractivity contribution in [2.24, 2.45) is 0 Å². The molecule has 0 spiro atoms. The third-order valence-corrected chi connectivity index (χ3v) is 6.12. The van der Waals surface area contributed by atoms with E-state index in [1.165, 1.54) is 12.1 Å². The van der Waals surface area contributed by atoms with E-state index in [1.807, 2.05) is 0 Å². The van der Waals surface area contributed by atoms with Gasteiger partial charge in [0.2, 0.25) is 5.60 Å². The quantitative estimate of drug-likeness (QED) is 0.643. The molecule has 7 heteroatoms. The van der Waals surface area contributed by atoms with Crippen molar-refractivity contribution in [1.82, 2.24) is 4.98 Å². The lowest BCUT2D eigenvalue weighted by atomic mass is 9.80. The van der Waals surface area contributed by atoms with E-state index < -0.39 is 11.8 Å². The topological polar surface area (TPSA) is 59.1 Å². The van der Waals surface area contributed by atoms with Gasteiger partial charge in [0.05, 0.1) is 10.2 Å². The summed E-state index contributed by atoms with van der Waals surface area (Å²) in [6, 6.07) is 9.56. The Morgan fingerprint density at radius 1 is 1.00 bits per heavy atom. The molecular formula is C19H17F3N2OS. The standard InChI is InChI=1S/C19H17F3N2OS/c20-19(21,22)18(25,17-24-15-7-3-4-8-16(15)26-17)13-9-10-14(23)12-6-2-1-5-11(12)13/h3-4,7-10,25H,1-2,5-6,23H2/t18-/m0/s1. The van der Waals surface area contributed by atoms with Gasteiger partial charge in [-0.15, -0.1) is 11.3 Å². The highest BCUT2D eigenvalue weighted by molar-refractivity contribution is 7.18. The normalized spacial score (nSPS) is 17.1. The maximum atomic E-state index is 14.2. The number of para-hydroxylation sites is 1. The van der Waals surface area contributed by atoms with Crippen molar-refractivity contribution in [3.63, 3.8) is 0 Å². The van der Waals surface area contributed by atoms with Crippen molar-refractivity contribution < 1.29 is 18.3 Å². The number of halogens is 3. The molecule has 1 aliphatic rings. The maximum Gasteiger partial charge on any atom is 0.428 e. The number of benzene rings is 2. The zero-order valence-corrected chi connectivity index (χ0v) is 14.6. The molecule has 0 aliphatic heterocycles. The average molecular weight is 378 g/mol. The van der Waals surface area contributed by atoms with Crippen LogP contribution in [0, 0.1) is 0 Å². The minimum atomic E-state index is -4.90. The number of anilines is 1. The first-order chi connectivity index (χ1) is 12.3. The van der Waals surface area contributed by atoms with Crippen molar-refractivity contribution in [3.8, 4) is 0 Å². The monoisotopic (exact) mass is 378 g/mol. The van der Waals surface area contributed by atoms with Gasteiger partial charge in [-0.05, 0) is 55.0 Å². The zero-order chi connectivity index (χ0) is 18.5. The van der Waals surface area contributed by atoms with Gasteiger partial charge in [0.15, 0.2) is 0 Å². The van der Waals surface area contributed by atoms with E-state index in [2.05, 4.69) is 4.98 Å². The van der Waals surface area contributed by atoms with Gasteiger partial charge in [-0.3, -0.25) is 0 Å². The van der Waals surface area contributed by atoms with Crippen molar-refractivity contribution >= 4 is 27.2 Å². The fourth-order valence-electron chi connectivity index (χ4n) is 3.65. The first-order valence-corrected chi connectivity index (χ1v) is 9.20. The molecule has 26 heavy (non-hydrogen) atoms. The summed E-state index contributed by atoms with van der Waals surface area (Å²) in [7, 11) is 0. The van der Waals surface area contributed by atoms with Gasteiger partial charge in [0, 0.05) is 11.3 Å². The number of nitrogen functional groups attached to an aromatic ring is 1. The van der Waals surface area contributed by atoms with Gasteiger partial charge in [-0.25, -0.2) is 4.98 Å². The second-order valence-corrected chi connectivity index (χ2v) is 7.59. The van der Waals surface area contributed by atoms with Gasteiger partial charge >= 0.3 is 6.18 Å². The number of aromatic nitrogens is 1. The number of rotatable bonds is 2. The predicted molar refractivity (Wildman–Crippen MR) is 96.2 cm³/mol. The average Bonchev–Trinajstić information content (AvgIpc) is 3.05. The fourth-order valence-corrected chi connectivity index (χ4v) is 4.74. The summed E-state index contributed by atoms with van der Waals surface area (Å²) in [5, 5.41) is 10.7. The highest BCUT2D eigenvalue weighted by atomic mass is 32.1. The zero-order valence-electron chi connectivity index (χ0n) is 13.8. The molecule has 1 heterocycles. The Labute approximate surface area is 152 Å². The summed E-state index contributed by atoms with van der Waals surface area (Å²) in [5.41, 5.74) is 4.85. The van der Waals surface area contributed by atoms with Crippen LogP contribution in [0.5, 0.6) is 0 Å². The molecular weight excluding hydrogens is 361 g/mol. The summed E-state index contributed by atoms with van der Waals surface area (Å²) in [5.74, 6) is 0. The highest BCUT2D eigenvalue weighted by Gasteiger charge is 2.59. The lowest BCUT2D eigenvalue weighted by Gasteiger charge is -2.33. The van der Waals surface area contributed by atoms with E-state index >= 15 is 0 Å². The number of aliphatic hydroxyl groups is 1. The lowest BCUT2D eigenvalue weighted by molar-refractivity contribution is -0.248. The van der Waals surface area contributed by atoms with Gasteiger partial charge in [-0.1, -0.05) is 18.2 Å². The molecule has 0 bridgehead atoms. The lowest BCUT2D eigenvalue weighted by Crippen LogP contribution is -2.44. The Hall–Kier alpha value is -2.12. The second-order valence-electron chi connectivity index (χ2n) is 6.56. The van der Waals surface area contributed by atoms with Gasteiger partial charge in [0.25, 0.3) is 0 Å². The van der Waals surface area contributed by atoms with Crippen molar-refractivity contribution in [2.45, 2.75) is 37.5 Å². The Balaban J connectivity index is 2.00. The summed E-state index contributed by atoms with van der Waals surface area (Å²) in [6.07, 6.45) is -2.15. The molecule has 3 N–H and O–H groups in total. The molecule has 2 aromatic carbocycles. The van der Waals surface area contributed by atoms with Crippen molar-refractivity contribution in [3.05, 3.63) is 58.1 Å². The molecule has 1 aromatic heterocycles. The van der Waals surface area contributed by atoms with Gasteiger partial charge < -0.3 is 10.8 Å². The van der Waals surface area contributed by atoms with E-state index in [-0.39, 0.29) is 10.6 Å². The molecule has 0 amide bonds. The summed E-state index contributed by atoms with van der Waals surface area (Å²) >= 11 is 0.868. The number of alkyl halides is 3. The summed E-state index contributed by atoms with van der Waals surface area (Å²) in [6.45, 7) is 0. The Bertz CT molecular complexity index is 950. The Morgan fingerprint density at radius 3 is 2.38 bits per heavy atom. The van der Waals surface area contributed by atoms with E-state index in [0.29, 0.717) is 34.3 Å². The second kappa shape index (κ2) is 5.96. The van der Waals surface area contributed by atoms with E-state index in [0.717, 1.165) is 29.7 Å². The van der Waals surface area contributed by atoms with Crippen LogP contribution in [0.1, 0.15) is 34.5 Å². The van der Waals surface area contributed by atoms with Crippen LogP contribution in [0.25, 0.3) is 10.2 Å². The maximum absolute atomic E-state index is 14.2. The Morgan fingerprint density at radius 2 is 1.69 bits per heavy atom. The van der Waals surface area contributed by atoms with E-state index in [9.17, 15) is 18.3 Å². The summed E-state index contributed by atoms with van der Waals surface area (Å²) < 4.78 is 43.1. The van der Waals surface area contributed by atoms with Crippen LogP contribution in [0.2, 0.25) is 0 Å². The van der Waals surface area contributed by atoms with Crippen LogP contribution in [-0.4, -0.2) is 16.3 Å². The van der Waals surface area contributed by atoms with Crippen LogP contribution in [0.15, 0.2) is 36.4 Å². The molecule has 0 fully saturated rings. The fraction of sp³-hybridized carbons (Fsp3) is 0.316. The van der Waals surface area contributed by atoms with Crippen molar-refractivity contribution in [2.75, 3.05) is 5.73 Å². The number of nitrogens with zero attached hydrogens (tertiary/aromatic N) is 1. The molecule has 0 radical (unpaired) electrons. The third kappa shape index (κ3) is 2.49. The molecule has 0 unspecified atom stereocenters. The molecule has 1 atom stereocenters. The van der Waals surface area contributed by atoms with E-state index in [1.54, 1.807) is 24.3 Å². The molecule has 1 aliphatic carbocycles. The van der Waals surface area contributed by atoms with Crippen LogP contribution >= 0.6 is 11.3 Å².